The van der Waals surface area contributed by atoms with Crippen LogP contribution in [0.4, 0.5) is 0 Å². The number of carbonyl (C=O) groups excluding carboxylic acids is 2. The molecule has 2 amide bonds. The topological polar surface area (TPSA) is 52.7 Å². The van der Waals surface area contributed by atoms with Gasteiger partial charge in [-0.05, 0) is 26.8 Å². The van der Waals surface area contributed by atoms with Gasteiger partial charge in [-0.2, -0.15) is 0 Å². The normalized spacial score (nSPS) is 19.1. The van der Waals surface area contributed by atoms with Gasteiger partial charge in [-0.15, -0.1) is 0 Å². The van der Waals surface area contributed by atoms with E-state index >= 15 is 0 Å². The van der Waals surface area contributed by atoms with Gasteiger partial charge in [0.15, 0.2) is 0 Å². The van der Waals surface area contributed by atoms with Crippen molar-refractivity contribution in [1.29, 1.82) is 0 Å². The molecular weight excluding hydrogens is 218 g/mol. The number of nitrogens with zero attached hydrogens (tertiary/aromatic N) is 2. The molecule has 1 rings (SSSR count). The Morgan fingerprint density at radius 3 is 2.41 bits per heavy atom. The van der Waals surface area contributed by atoms with E-state index in [1.165, 1.54) is 0 Å². The van der Waals surface area contributed by atoms with E-state index in [2.05, 4.69) is 5.32 Å². The zero-order chi connectivity index (χ0) is 12.8. The van der Waals surface area contributed by atoms with Gasteiger partial charge >= 0.3 is 0 Å². The van der Waals surface area contributed by atoms with E-state index in [0.717, 1.165) is 19.5 Å². The van der Waals surface area contributed by atoms with Crippen LogP contribution < -0.4 is 5.32 Å². The maximum absolute atomic E-state index is 12.0. The van der Waals surface area contributed by atoms with Gasteiger partial charge in [0.05, 0.1) is 12.5 Å². The average Bonchev–Trinajstić information content (AvgIpc) is 2.83. The standard InChI is InChI=1S/C12H23N3O2/c1-4-15(5-2)11(16)9-14(3)12(17)10-6-7-13-8-10/h10,13H,4-9H2,1-3H3. The molecule has 0 aliphatic carbocycles. The third-order valence-corrected chi connectivity index (χ3v) is 3.27. The predicted octanol–water partition coefficient (Wildman–Crippen LogP) is -0.0773. The summed E-state index contributed by atoms with van der Waals surface area (Å²) in [6.45, 7) is 7.12. The fourth-order valence-electron chi connectivity index (χ4n) is 2.13. The zero-order valence-electron chi connectivity index (χ0n) is 11.0. The summed E-state index contributed by atoms with van der Waals surface area (Å²) in [5.41, 5.74) is 0. The van der Waals surface area contributed by atoms with Crippen LogP contribution in [0.2, 0.25) is 0 Å². The van der Waals surface area contributed by atoms with Crippen LogP contribution in [0.15, 0.2) is 0 Å². The van der Waals surface area contributed by atoms with Crippen LogP contribution in [0, 0.1) is 5.92 Å². The lowest BCUT2D eigenvalue weighted by Crippen LogP contribution is -2.43. The number of hydrogen-bond donors (Lipinski definition) is 1. The molecule has 1 aliphatic rings. The summed E-state index contributed by atoms with van der Waals surface area (Å²) in [7, 11) is 1.71. The Labute approximate surface area is 103 Å². The zero-order valence-corrected chi connectivity index (χ0v) is 11.0. The molecule has 0 bridgehead atoms. The Bertz CT molecular complexity index is 271. The van der Waals surface area contributed by atoms with Crippen molar-refractivity contribution in [3.63, 3.8) is 0 Å². The largest absolute Gasteiger partial charge is 0.342 e. The first-order valence-electron chi connectivity index (χ1n) is 6.33. The second kappa shape index (κ2) is 6.59. The molecule has 1 fully saturated rings. The monoisotopic (exact) mass is 241 g/mol. The van der Waals surface area contributed by atoms with Crippen molar-refractivity contribution in [2.45, 2.75) is 20.3 Å². The van der Waals surface area contributed by atoms with E-state index in [9.17, 15) is 9.59 Å². The first kappa shape index (κ1) is 14.0. The van der Waals surface area contributed by atoms with E-state index in [0.29, 0.717) is 13.1 Å². The van der Waals surface area contributed by atoms with Crippen molar-refractivity contribution in [3.05, 3.63) is 0 Å². The molecule has 1 aliphatic heterocycles. The highest BCUT2D eigenvalue weighted by Crippen LogP contribution is 2.10. The maximum atomic E-state index is 12.0. The van der Waals surface area contributed by atoms with Crippen LogP contribution in [-0.4, -0.2) is 61.4 Å². The molecule has 17 heavy (non-hydrogen) atoms. The summed E-state index contributed by atoms with van der Waals surface area (Å²) in [6, 6.07) is 0. The molecule has 0 saturated carbocycles. The predicted molar refractivity (Wildman–Crippen MR) is 66.5 cm³/mol. The minimum absolute atomic E-state index is 0.0248. The molecule has 0 aromatic carbocycles. The summed E-state index contributed by atoms with van der Waals surface area (Å²) in [5.74, 6) is 0.150. The van der Waals surface area contributed by atoms with Crippen LogP contribution in [0.5, 0.6) is 0 Å². The fraction of sp³-hybridized carbons (Fsp3) is 0.833. The van der Waals surface area contributed by atoms with Crippen molar-refractivity contribution in [2.24, 2.45) is 5.92 Å². The molecule has 1 heterocycles. The molecule has 5 nitrogen and oxygen atoms in total. The molecule has 1 atom stereocenters. The summed E-state index contributed by atoms with van der Waals surface area (Å²) >= 11 is 0. The van der Waals surface area contributed by atoms with E-state index in [1.807, 2.05) is 13.8 Å². The highest BCUT2D eigenvalue weighted by molar-refractivity contribution is 5.86. The van der Waals surface area contributed by atoms with Crippen molar-refractivity contribution in [3.8, 4) is 0 Å². The summed E-state index contributed by atoms with van der Waals surface area (Å²) < 4.78 is 0. The minimum Gasteiger partial charge on any atom is -0.342 e. The molecule has 98 valence electrons. The number of carbonyl (C=O) groups is 2. The molecule has 1 saturated heterocycles. The first-order valence-corrected chi connectivity index (χ1v) is 6.33. The summed E-state index contributed by atoms with van der Waals surface area (Å²) in [6.07, 6.45) is 0.878. The van der Waals surface area contributed by atoms with Crippen LogP contribution in [-0.2, 0) is 9.59 Å². The number of likely N-dealkylation sites (N-methyl/N-ethyl adjacent to an activating group) is 2. The SMILES string of the molecule is CCN(CC)C(=O)CN(C)C(=O)C1CCNC1. The highest BCUT2D eigenvalue weighted by atomic mass is 16.2. The van der Waals surface area contributed by atoms with E-state index in [1.54, 1.807) is 16.8 Å². The van der Waals surface area contributed by atoms with Gasteiger partial charge < -0.3 is 15.1 Å². The molecule has 0 aromatic rings. The van der Waals surface area contributed by atoms with Gasteiger partial charge in [0.2, 0.25) is 11.8 Å². The third kappa shape index (κ3) is 3.70. The van der Waals surface area contributed by atoms with Gasteiger partial charge in [0, 0.05) is 26.7 Å². The van der Waals surface area contributed by atoms with Crippen LogP contribution >= 0.6 is 0 Å². The van der Waals surface area contributed by atoms with Crippen LogP contribution in [0.1, 0.15) is 20.3 Å². The lowest BCUT2D eigenvalue weighted by atomic mass is 10.1. The number of hydrogen-bond acceptors (Lipinski definition) is 3. The molecule has 5 heteroatoms. The van der Waals surface area contributed by atoms with E-state index in [-0.39, 0.29) is 24.3 Å². The van der Waals surface area contributed by atoms with E-state index < -0.39 is 0 Å². The van der Waals surface area contributed by atoms with Gasteiger partial charge in [0.25, 0.3) is 0 Å². The van der Waals surface area contributed by atoms with Crippen LogP contribution in [0.25, 0.3) is 0 Å². The van der Waals surface area contributed by atoms with Crippen molar-refractivity contribution in [2.75, 3.05) is 39.8 Å². The smallest absolute Gasteiger partial charge is 0.242 e. The fourth-order valence-corrected chi connectivity index (χ4v) is 2.13. The Kier molecular flexibility index (Phi) is 5.41. The summed E-state index contributed by atoms with van der Waals surface area (Å²) in [5, 5.41) is 3.16. The van der Waals surface area contributed by atoms with Gasteiger partial charge in [0.1, 0.15) is 0 Å². The molecule has 0 radical (unpaired) electrons. The van der Waals surface area contributed by atoms with Crippen LogP contribution in [0.3, 0.4) is 0 Å². The van der Waals surface area contributed by atoms with Crippen molar-refractivity contribution in [1.82, 2.24) is 15.1 Å². The summed E-state index contributed by atoms with van der Waals surface area (Å²) in [4.78, 5) is 27.1. The molecule has 1 unspecified atom stereocenters. The average molecular weight is 241 g/mol. The minimum atomic E-state index is 0.0248. The highest BCUT2D eigenvalue weighted by Gasteiger charge is 2.26. The lowest BCUT2D eigenvalue weighted by Gasteiger charge is -2.24. The Balaban J connectivity index is 2.44. The van der Waals surface area contributed by atoms with Gasteiger partial charge in [-0.3, -0.25) is 9.59 Å². The Hall–Kier alpha value is -1.10. The maximum Gasteiger partial charge on any atom is 0.242 e. The number of nitrogens with one attached hydrogen (secondary N) is 1. The first-order chi connectivity index (χ1) is 8.10. The second-order valence-electron chi connectivity index (χ2n) is 4.45. The number of amides is 2. The van der Waals surface area contributed by atoms with Crippen molar-refractivity contribution < 1.29 is 9.59 Å². The Morgan fingerprint density at radius 1 is 1.29 bits per heavy atom. The quantitative estimate of drug-likeness (QED) is 0.732. The van der Waals surface area contributed by atoms with Gasteiger partial charge in [-0.1, -0.05) is 0 Å². The second-order valence-corrected chi connectivity index (χ2v) is 4.45. The Morgan fingerprint density at radius 2 is 1.94 bits per heavy atom. The molecular formula is C12H23N3O2. The van der Waals surface area contributed by atoms with E-state index in [4.69, 9.17) is 0 Å². The molecule has 1 N–H and O–H groups in total. The van der Waals surface area contributed by atoms with Gasteiger partial charge in [-0.25, -0.2) is 0 Å². The third-order valence-electron chi connectivity index (χ3n) is 3.27. The molecule has 0 aromatic heterocycles. The van der Waals surface area contributed by atoms with Crippen molar-refractivity contribution >= 4 is 11.8 Å². The lowest BCUT2D eigenvalue weighted by molar-refractivity contribution is -0.141. The molecule has 0 spiro atoms. The number of rotatable bonds is 5.